The SMILES string of the molecule is Nc1cccc(-c2ccc3c(c2)Oc2cc(O)cc(O)c2CC3)c1. The Morgan fingerprint density at radius 2 is 1.67 bits per heavy atom. The Kier molecular flexibility index (Phi) is 3.31. The fourth-order valence-corrected chi connectivity index (χ4v) is 3.09. The molecule has 4 nitrogen and oxygen atoms in total. The molecule has 0 amide bonds. The molecule has 1 heterocycles. The molecule has 0 aromatic heterocycles. The van der Waals surface area contributed by atoms with E-state index in [4.69, 9.17) is 10.5 Å². The fourth-order valence-electron chi connectivity index (χ4n) is 3.09. The molecule has 0 atom stereocenters. The van der Waals surface area contributed by atoms with Crippen molar-refractivity contribution in [3.63, 3.8) is 0 Å². The molecule has 0 aliphatic carbocycles. The Bertz CT molecular complexity index is 934. The summed E-state index contributed by atoms with van der Waals surface area (Å²) in [5, 5.41) is 19.8. The van der Waals surface area contributed by atoms with Gasteiger partial charge in [0, 0.05) is 23.4 Å². The first kappa shape index (κ1) is 14.5. The number of phenols is 2. The molecule has 0 unspecified atom stereocenters. The van der Waals surface area contributed by atoms with E-state index < -0.39 is 0 Å². The number of aryl methyl sites for hydroxylation is 1. The third-order valence-electron chi connectivity index (χ3n) is 4.32. The van der Waals surface area contributed by atoms with Crippen LogP contribution in [0.3, 0.4) is 0 Å². The zero-order chi connectivity index (χ0) is 16.7. The Labute approximate surface area is 139 Å². The standard InChI is InChI=1S/C20H17NO3/c21-15-3-1-2-13(8-15)14-5-4-12-6-7-17-18(23)10-16(22)11-20(17)24-19(12)9-14/h1-5,8-11,22-23H,6-7,21H2. The number of benzene rings is 3. The number of ether oxygens (including phenoxy) is 1. The van der Waals surface area contributed by atoms with Gasteiger partial charge >= 0.3 is 0 Å². The molecule has 0 saturated heterocycles. The lowest BCUT2D eigenvalue weighted by Gasteiger charge is -2.12. The zero-order valence-corrected chi connectivity index (χ0v) is 13.0. The summed E-state index contributed by atoms with van der Waals surface area (Å²) in [7, 11) is 0. The first-order valence-corrected chi connectivity index (χ1v) is 7.82. The van der Waals surface area contributed by atoms with E-state index in [0.29, 0.717) is 17.9 Å². The summed E-state index contributed by atoms with van der Waals surface area (Å²) in [5.74, 6) is 1.28. The smallest absolute Gasteiger partial charge is 0.138 e. The lowest BCUT2D eigenvalue weighted by atomic mass is 9.99. The molecule has 24 heavy (non-hydrogen) atoms. The molecule has 3 aromatic carbocycles. The van der Waals surface area contributed by atoms with Gasteiger partial charge in [0.2, 0.25) is 0 Å². The van der Waals surface area contributed by atoms with Crippen LogP contribution in [0.5, 0.6) is 23.0 Å². The molecule has 4 rings (SSSR count). The van der Waals surface area contributed by atoms with Gasteiger partial charge < -0.3 is 20.7 Å². The van der Waals surface area contributed by atoms with Crippen LogP contribution in [-0.4, -0.2) is 10.2 Å². The molecule has 0 bridgehead atoms. The van der Waals surface area contributed by atoms with Crippen molar-refractivity contribution in [1.29, 1.82) is 0 Å². The average Bonchev–Trinajstić information content (AvgIpc) is 2.73. The number of nitrogen functional groups attached to an aromatic ring is 1. The minimum Gasteiger partial charge on any atom is -0.508 e. The molecule has 0 radical (unpaired) electrons. The van der Waals surface area contributed by atoms with E-state index in [2.05, 4.69) is 0 Å². The highest BCUT2D eigenvalue weighted by Crippen LogP contribution is 2.41. The van der Waals surface area contributed by atoms with Crippen molar-refractivity contribution in [2.45, 2.75) is 12.8 Å². The van der Waals surface area contributed by atoms with Gasteiger partial charge in [0.15, 0.2) is 0 Å². The predicted octanol–water partition coefficient (Wildman–Crippen LogP) is 4.24. The monoisotopic (exact) mass is 319 g/mol. The Morgan fingerprint density at radius 1 is 0.833 bits per heavy atom. The Balaban J connectivity index is 1.79. The average molecular weight is 319 g/mol. The van der Waals surface area contributed by atoms with E-state index in [0.717, 1.165) is 34.4 Å². The van der Waals surface area contributed by atoms with E-state index in [1.807, 2.05) is 42.5 Å². The number of hydrogen-bond donors (Lipinski definition) is 3. The predicted molar refractivity (Wildman–Crippen MR) is 93.5 cm³/mol. The molecule has 3 aromatic rings. The van der Waals surface area contributed by atoms with E-state index in [1.54, 1.807) is 0 Å². The number of fused-ring (bicyclic) bond motifs is 2. The topological polar surface area (TPSA) is 75.7 Å². The summed E-state index contributed by atoms with van der Waals surface area (Å²) in [4.78, 5) is 0. The molecule has 120 valence electrons. The number of phenolic OH excluding ortho intramolecular Hbond substituents is 2. The number of anilines is 1. The highest BCUT2D eigenvalue weighted by molar-refractivity contribution is 5.70. The van der Waals surface area contributed by atoms with Crippen molar-refractivity contribution in [1.82, 2.24) is 0 Å². The quantitative estimate of drug-likeness (QED) is 0.586. The Hall–Kier alpha value is -3.14. The zero-order valence-electron chi connectivity index (χ0n) is 13.0. The highest BCUT2D eigenvalue weighted by atomic mass is 16.5. The maximum Gasteiger partial charge on any atom is 0.138 e. The number of hydrogen-bond acceptors (Lipinski definition) is 4. The Morgan fingerprint density at radius 3 is 2.50 bits per heavy atom. The van der Waals surface area contributed by atoms with Gasteiger partial charge in [-0.25, -0.2) is 0 Å². The van der Waals surface area contributed by atoms with Gasteiger partial charge in [0.05, 0.1) is 0 Å². The fraction of sp³-hybridized carbons (Fsp3) is 0.100. The second-order valence-corrected chi connectivity index (χ2v) is 5.99. The summed E-state index contributed by atoms with van der Waals surface area (Å²) < 4.78 is 6.01. The second kappa shape index (κ2) is 5.49. The normalized spacial score (nSPS) is 12.7. The number of nitrogens with two attached hydrogens (primary N) is 1. The molecule has 0 fully saturated rings. The minimum atomic E-state index is -0.0123. The first-order chi connectivity index (χ1) is 11.6. The molecule has 4 heteroatoms. The van der Waals surface area contributed by atoms with Crippen molar-refractivity contribution in [2.24, 2.45) is 0 Å². The van der Waals surface area contributed by atoms with Crippen LogP contribution in [-0.2, 0) is 12.8 Å². The van der Waals surface area contributed by atoms with Gasteiger partial charge in [0.1, 0.15) is 23.0 Å². The van der Waals surface area contributed by atoms with E-state index in [-0.39, 0.29) is 11.5 Å². The molecule has 0 saturated carbocycles. The summed E-state index contributed by atoms with van der Waals surface area (Å²) in [6.45, 7) is 0. The van der Waals surface area contributed by atoms with Gasteiger partial charge in [-0.15, -0.1) is 0 Å². The van der Waals surface area contributed by atoms with E-state index >= 15 is 0 Å². The maximum atomic E-state index is 10.1. The highest BCUT2D eigenvalue weighted by Gasteiger charge is 2.19. The van der Waals surface area contributed by atoms with Gasteiger partial charge in [-0.1, -0.05) is 24.3 Å². The minimum absolute atomic E-state index is 0.0123. The third-order valence-corrected chi connectivity index (χ3v) is 4.32. The van der Waals surface area contributed by atoms with Crippen molar-refractivity contribution in [2.75, 3.05) is 5.73 Å². The van der Waals surface area contributed by atoms with E-state index in [1.165, 1.54) is 12.1 Å². The van der Waals surface area contributed by atoms with Crippen molar-refractivity contribution >= 4 is 5.69 Å². The van der Waals surface area contributed by atoms with Gasteiger partial charge in [-0.2, -0.15) is 0 Å². The molecule has 4 N–H and O–H groups in total. The van der Waals surface area contributed by atoms with Crippen LogP contribution in [0.1, 0.15) is 11.1 Å². The summed E-state index contributed by atoms with van der Waals surface area (Å²) in [6, 6.07) is 16.6. The second-order valence-electron chi connectivity index (χ2n) is 5.99. The molecular formula is C20H17NO3. The van der Waals surface area contributed by atoms with Crippen LogP contribution in [0.15, 0.2) is 54.6 Å². The molecule has 1 aliphatic heterocycles. The van der Waals surface area contributed by atoms with Crippen LogP contribution in [0, 0.1) is 0 Å². The van der Waals surface area contributed by atoms with Crippen LogP contribution in [0.25, 0.3) is 11.1 Å². The van der Waals surface area contributed by atoms with Crippen molar-refractivity contribution < 1.29 is 14.9 Å². The van der Waals surface area contributed by atoms with Crippen molar-refractivity contribution in [3.05, 3.63) is 65.7 Å². The number of aromatic hydroxyl groups is 2. The molecular weight excluding hydrogens is 302 g/mol. The summed E-state index contributed by atoms with van der Waals surface area (Å²) in [6.07, 6.45) is 1.42. The number of rotatable bonds is 1. The van der Waals surface area contributed by atoms with Crippen LogP contribution in [0.4, 0.5) is 5.69 Å². The van der Waals surface area contributed by atoms with Crippen molar-refractivity contribution in [3.8, 4) is 34.1 Å². The molecule has 0 spiro atoms. The van der Waals surface area contributed by atoms with Gasteiger partial charge in [-0.3, -0.25) is 0 Å². The van der Waals surface area contributed by atoms with Crippen LogP contribution >= 0.6 is 0 Å². The van der Waals surface area contributed by atoms with Crippen LogP contribution < -0.4 is 10.5 Å². The third kappa shape index (κ3) is 2.52. The lowest BCUT2D eigenvalue weighted by molar-refractivity contribution is 0.427. The molecule has 1 aliphatic rings. The first-order valence-electron chi connectivity index (χ1n) is 7.82. The van der Waals surface area contributed by atoms with Gasteiger partial charge in [0.25, 0.3) is 0 Å². The summed E-state index contributed by atoms with van der Waals surface area (Å²) >= 11 is 0. The van der Waals surface area contributed by atoms with Crippen LogP contribution in [0.2, 0.25) is 0 Å². The van der Waals surface area contributed by atoms with Gasteiger partial charge in [-0.05, 0) is 47.7 Å². The largest absolute Gasteiger partial charge is 0.508 e. The lowest BCUT2D eigenvalue weighted by Crippen LogP contribution is -1.90. The van der Waals surface area contributed by atoms with E-state index in [9.17, 15) is 10.2 Å². The maximum absolute atomic E-state index is 10.1. The summed E-state index contributed by atoms with van der Waals surface area (Å²) in [5.41, 5.74) is 10.4.